The number of para-hydroxylation sites is 2. The first-order valence-corrected chi connectivity index (χ1v) is 6.59. The van der Waals surface area contributed by atoms with Crippen LogP contribution in [0.1, 0.15) is 20.3 Å². The van der Waals surface area contributed by atoms with E-state index in [0.717, 1.165) is 24.5 Å². The minimum absolute atomic E-state index is 0.000584. The molecule has 102 valence electrons. The Labute approximate surface area is 115 Å². The summed E-state index contributed by atoms with van der Waals surface area (Å²) in [6.45, 7) is 6.09. The second kappa shape index (κ2) is 5.50. The van der Waals surface area contributed by atoms with Crippen molar-refractivity contribution in [1.82, 2.24) is 5.32 Å². The van der Waals surface area contributed by atoms with Crippen LogP contribution in [0.5, 0.6) is 5.75 Å². The van der Waals surface area contributed by atoms with E-state index >= 15 is 0 Å². The van der Waals surface area contributed by atoms with Gasteiger partial charge in [-0.2, -0.15) is 5.26 Å². The molecular weight excluding hydrogens is 238 g/mol. The van der Waals surface area contributed by atoms with Crippen LogP contribution in [0, 0.1) is 11.3 Å². The van der Waals surface area contributed by atoms with E-state index in [-0.39, 0.29) is 11.6 Å². The van der Waals surface area contributed by atoms with Crippen LogP contribution < -0.4 is 15.0 Å². The normalized spacial score (nSPS) is 21.8. The topological polar surface area (TPSA) is 48.3 Å². The van der Waals surface area contributed by atoms with E-state index in [0.29, 0.717) is 6.42 Å². The quantitative estimate of drug-likeness (QED) is 0.903. The van der Waals surface area contributed by atoms with Crippen LogP contribution in [0.3, 0.4) is 0 Å². The van der Waals surface area contributed by atoms with Crippen molar-refractivity contribution in [2.24, 2.45) is 0 Å². The molecule has 4 heteroatoms. The van der Waals surface area contributed by atoms with Crippen molar-refractivity contribution >= 4 is 5.69 Å². The number of methoxy groups -OCH3 is 1. The second-order valence-electron chi connectivity index (χ2n) is 5.53. The summed E-state index contributed by atoms with van der Waals surface area (Å²) in [5, 5.41) is 12.3. The molecule has 0 amide bonds. The van der Waals surface area contributed by atoms with Crippen molar-refractivity contribution in [3.8, 4) is 11.8 Å². The van der Waals surface area contributed by atoms with Gasteiger partial charge in [-0.25, -0.2) is 0 Å². The van der Waals surface area contributed by atoms with Gasteiger partial charge in [-0.1, -0.05) is 12.1 Å². The van der Waals surface area contributed by atoms with Crippen LogP contribution >= 0.6 is 0 Å². The van der Waals surface area contributed by atoms with Gasteiger partial charge in [-0.3, -0.25) is 0 Å². The highest BCUT2D eigenvalue weighted by atomic mass is 16.5. The lowest BCUT2D eigenvalue weighted by Crippen LogP contribution is -2.62. The molecule has 1 aromatic rings. The molecule has 0 bridgehead atoms. The summed E-state index contributed by atoms with van der Waals surface area (Å²) in [4.78, 5) is 2.34. The summed E-state index contributed by atoms with van der Waals surface area (Å²) < 4.78 is 5.46. The molecule has 1 aliphatic rings. The van der Waals surface area contributed by atoms with Crippen LogP contribution in [0.2, 0.25) is 0 Å². The number of rotatable bonds is 3. The lowest BCUT2D eigenvalue weighted by atomic mass is 9.95. The largest absolute Gasteiger partial charge is 0.495 e. The van der Waals surface area contributed by atoms with Crippen molar-refractivity contribution in [3.63, 3.8) is 0 Å². The molecule has 4 nitrogen and oxygen atoms in total. The summed E-state index contributed by atoms with van der Waals surface area (Å²) >= 11 is 0. The molecule has 1 heterocycles. The Morgan fingerprint density at radius 3 is 2.89 bits per heavy atom. The highest BCUT2D eigenvalue weighted by molar-refractivity contribution is 5.60. The van der Waals surface area contributed by atoms with Crippen LogP contribution in [0.15, 0.2) is 24.3 Å². The van der Waals surface area contributed by atoms with E-state index in [2.05, 4.69) is 36.2 Å². The molecule has 0 radical (unpaired) electrons. The van der Waals surface area contributed by atoms with E-state index in [4.69, 9.17) is 10.00 Å². The zero-order valence-electron chi connectivity index (χ0n) is 11.8. The first-order chi connectivity index (χ1) is 9.08. The zero-order chi connectivity index (χ0) is 13.9. The van der Waals surface area contributed by atoms with E-state index in [1.165, 1.54) is 0 Å². The first-order valence-electron chi connectivity index (χ1n) is 6.59. The van der Waals surface area contributed by atoms with E-state index in [1.54, 1.807) is 7.11 Å². The molecule has 1 unspecified atom stereocenters. The fourth-order valence-electron chi connectivity index (χ4n) is 2.55. The van der Waals surface area contributed by atoms with Crippen LogP contribution in [-0.4, -0.2) is 31.8 Å². The third-order valence-corrected chi connectivity index (χ3v) is 3.67. The molecule has 1 aromatic carbocycles. The molecular formula is C15H21N3O. The Hall–Kier alpha value is -1.73. The standard InChI is InChI=1S/C15H21N3O/c1-15(2)11-17-12(8-9-16)10-18(15)13-6-4-5-7-14(13)19-3/h4-7,12,17H,8,10-11H2,1-3H3. The molecule has 1 aliphatic heterocycles. The average molecular weight is 259 g/mol. The number of ether oxygens (including phenoxy) is 1. The van der Waals surface area contributed by atoms with Gasteiger partial charge in [0.2, 0.25) is 0 Å². The number of anilines is 1. The summed E-state index contributed by atoms with van der Waals surface area (Å²) in [7, 11) is 1.70. The number of benzene rings is 1. The van der Waals surface area contributed by atoms with Crippen LogP contribution in [0.4, 0.5) is 5.69 Å². The van der Waals surface area contributed by atoms with E-state index in [1.807, 2.05) is 18.2 Å². The average Bonchev–Trinajstić information content (AvgIpc) is 2.41. The van der Waals surface area contributed by atoms with E-state index in [9.17, 15) is 0 Å². The second-order valence-corrected chi connectivity index (χ2v) is 5.53. The van der Waals surface area contributed by atoms with Gasteiger partial charge in [-0.15, -0.1) is 0 Å². The van der Waals surface area contributed by atoms with Crippen LogP contribution in [-0.2, 0) is 0 Å². The number of nitrogens with one attached hydrogen (secondary N) is 1. The third kappa shape index (κ3) is 2.82. The Kier molecular flexibility index (Phi) is 3.96. The van der Waals surface area contributed by atoms with Gasteiger partial charge in [0.1, 0.15) is 5.75 Å². The van der Waals surface area contributed by atoms with Gasteiger partial charge in [0.25, 0.3) is 0 Å². The SMILES string of the molecule is COc1ccccc1N1CC(CC#N)NCC1(C)C. The van der Waals surface area contributed by atoms with Gasteiger partial charge < -0.3 is 15.0 Å². The molecule has 0 aliphatic carbocycles. The molecule has 19 heavy (non-hydrogen) atoms. The van der Waals surface area contributed by atoms with Crippen molar-refractivity contribution in [2.75, 3.05) is 25.1 Å². The Morgan fingerprint density at radius 2 is 2.21 bits per heavy atom. The number of nitriles is 1. The van der Waals surface area contributed by atoms with E-state index < -0.39 is 0 Å². The number of nitrogens with zero attached hydrogens (tertiary/aromatic N) is 2. The molecule has 1 saturated heterocycles. The number of piperazine rings is 1. The van der Waals surface area contributed by atoms with Gasteiger partial charge >= 0.3 is 0 Å². The molecule has 1 N–H and O–H groups in total. The fourth-order valence-corrected chi connectivity index (χ4v) is 2.55. The highest BCUT2D eigenvalue weighted by Crippen LogP contribution is 2.34. The fraction of sp³-hybridized carbons (Fsp3) is 0.533. The first kappa shape index (κ1) is 13.7. The van der Waals surface area contributed by atoms with Crippen LogP contribution in [0.25, 0.3) is 0 Å². The summed E-state index contributed by atoms with van der Waals surface area (Å²) in [6.07, 6.45) is 0.529. The number of hydrogen-bond acceptors (Lipinski definition) is 4. The van der Waals surface area contributed by atoms with Gasteiger partial charge in [-0.05, 0) is 26.0 Å². The Bertz CT molecular complexity index is 479. The Balaban J connectivity index is 2.31. The lowest BCUT2D eigenvalue weighted by molar-refractivity contribution is 0.320. The molecule has 1 atom stereocenters. The molecule has 0 aromatic heterocycles. The minimum Gasteiger partial charge on any atom is -0.495 e. The van der Waals surface area contributed by atoms with Crippen molar-refractivity contribution in [2.45, 2.75) is 31.8 Å². The minimum atomic E-state index is 0.000584. The van der Waals surface area contributed by atoms with Crippen molar-refractivity contribution in [3.05, 3.63) is 24.3 Å². The molecule has 2 rings (SSSR count). The maximum Gasteiger partial charge on any atom is 0.142 e. The van der Waals surface area contributed by atoms with Crippen molar-refractivity contribution < 1.29 is 4.74 Å². The van der Waals surface area contributed by atoms with Crippen molar-refractivity contribution in [1.29, 1.82) is 5.26 Å². The predicted octanol–water partition coefficient (Wildman–Crippen LogP) is 2.17. The third-order valence-electron chi connectivity index (χ3n) is 3.67. The lowest BCUT2D eigenvalue weighted by Gasteiger charge is -2.47. The summed E-state index contributed by atoms with van der Waals surface area (Å²) in [6, 6.07) is 10.5. The maximum atomic E-state index is 8.87. The van der Waals surface area contributed by atoms with Gasteiger partial charge in [0, 0.05) is 24.7 Å². The highest BCUT2D eigenvalue weighted by Gasteiger charge is 2.35. The molecule has 0 saturated carbocycles. The van der Waals surface area contributed by atoms with Gasteiger partial charge in [0.05, 0.1) is 25.3 Å². The predicted molar refractivity (Wildman–Crippen MR) is 76.4 cm³/mol. The zero-order valence-corrected chi connectivity index (χ0v) is 11.8. The molecule has 0 spiro atoms. The number of hydrogen-bond donors (Lipinski definition) is 1. The molecule has 1 fully saturated rings. The smallest absolute Gasteiger partial charge is 0.142 e. The summed E-state index contributed by atoms with van der Waals surface area (Å²) in [5.41, 5.74) is 1.10. The van der Waals surface area contributed by atoms with Gasteiger partial charge in [0.15, 0.2) is 0 Å². The Morgan fingerprint density at radius 1 is 1.47 bits per heavy atom. The summed E-state index contributed by atoms with van der Waals surface area (Å²) in [5.74, 6) is 0.883. The maximum absolute atomic E-state index is 8.87. The monoisotopic (exact) mass is 259 g/mol.